The molecule has 0 heterocycles. The summed E-state index contributed by atoms with van der Waals surface area (Å²) in [5.41, 5.74) is 0. The van der Waals surface area contributed by atoms with Crippen molar-refractivity contribution in [1.29, 1.82) is 1.76 Å². The number of hydrogen-bond acceptors (Lipinski definition) is 0. The Kier molecular flexibility index (Phi) is 5.46. The van der Waals surface area contributed by atoms with Crippen molar-refractivity contribution in [3.05, 3.63) is 0 Å². The molecule has 0 N–H and O–H groups in total. The van der Waals surface area contributed by atoms with E-state index in [1.54, 1.807) is 0 Å². The van der Waals surface area contributed by atoms with Gasteiger partial charge in [0.05, 0.1) is 0 Å². The van der Waals surface area contributed by atoms with Gasteiger partial charge in [-0.2, -0.15) is 0 Å². The summed E-state index contributed by atoms with van der Waals surface area (Å²) in [5.74, 6) is 0. The molecule has 0 aromatic heterocycles. The van der Waals surface area contributed by atoms with Crippen molar-refractivity contribution in [2.75, 3.05) is 0 Å². The molecule has 1 aliphatic carbocycles. The Morgan fingerprint density at radius 2 is 1.67 bits per heavy atom. The van der Waals surface area contributed by atoms with Gasteiger partial charge in [0.2, 0.25) is 0 Å². The second-order valence-corrected chi connectivity index (χ2v) is 1.41. The molecule has 0 aliphatic heterocycles. The van der Waals surface area contributed by atoms with E-state index < -0.39 is 18.3 Å². The van der Waals surface area contributed by atoms with Gasteiger partial charge < -0.3 is 0 Å². The van der Waals surface area contributed by atoms with Gasteiger partial charge in [-0.05, 0) is 0 Å². The third-order valence-electron chi connectivity index (χ3n) is 1.000. The first-order chi connectivity index (χ1) is 3.41. The van der Waals surface area contributed by atoms with Crippen LogP contribution in [0.15, 0.2) is 0 Å². The summed E-state index contributed by atoms with van der Waals surface area (Å²) >= 11 is -0.812. The van der Waals surface area contributed by atoms with E-state index in [-0.39, 0.29) is 18.6 Å². The molecule has 1 fully saturated rings. The zero-order chi connectivity index (χ0) is 5.54. The summed E-state index contributed by atoms with van der Waals surface area (Å²) in [4.78, 5) is 0. The quantitative estimate of drug-likeness (QED) is 0.500. The monoisotopic (exact) mass is 163 g/mol. The molecule has 1 rings (SSSR count). The fraction of sp³-hybridized carbons (Fsp3) is 1.00. The van der Waals surface area contributed by atoms with Crippen molar-refractivity contribution in [1.82, 2.24) is 0 Å². The smallest absolute Gasteiger partial charge is 0 e. The van der Waals surface area contributed by atoms with Crippen molar-refractivity contribution in [3.8, 4) is 0 Å². The number of hydrogen-bond donors (Lipinski definition) is 0. The third kappa shape index (κ3) is 3.36. The van der Waals surface area contributed by atoms with E-state index in [0.717, 1.165) is 0 Å². The molecule has 36 valence electrons. The summed E-state index contributed by atoms with van der Waals surface area (Å²) in [5, 5.41) is 0. The van der Waals surface area contributed by atoms with Crippen LogP contribution in [-0.2, 0) is 36.8 Å². The Balaban J connectivity index is 0. The van der Waals surface area contributed by atoms with Crippen LogP contribution in [-0.4, -0.2) is 1.76 Å². The van der Waals surface area contributed by atoms with Gasteiger partial charge >= 0.3 is 20.0 Å². The summed E-state index contributed by atoms with van der Waals surface area (Å²) in [6.45, 7) is 0. The normalized spacial score (nSPS) is 18.7. The Labute approximate surface area is 64.4 Å². The molecule has 0 aromatic rings. The first-order valence-electron chi connectivity index (χ1n) is 2.89. The Morgan fingerprint density at radius 3 is 1.67 bits per heavy atom. The molecular weight excluding hydrogens is 150 g/mol. The second-order valence-electron chi connectivity index (χ2n) is 1.41. The molecule has 0 aromatic carbocycles. The average Bonchev–Trinajstić information content (AvgIpc) is 1.27. The molecule has 1 saturated carbocycles. The Morgan fingerprint density at radius 1 is 1.50 bits per heavy atom. The summed E-state index contributed by atoms with van der Waals surface area (Å²) < 4.78 is 11.9. The molecule has 0 spiro atoms. The third-order valence-corrected chi connectivity index (χ3v) is 1.000. The molecule has 1 radical (unpaired) electrons. The van der Waals surface area contributed by atoms with E-state index in [0.29, 0.717) is 0 Å². The fourth-order valence-corrected chi connectivity index (χ4v) is 0.250. The average molecular weight is 163 g/mol. The van der Waals surface area contributed by atoms with Crippen LogP contribution in [0.4, 0.5) is 0 Å². The van der Waals surface area contributed by atoms with Crippen LogP contribution < -0.4 is 0 Å². The first kappa shape index (κ1) is 5.31. The molecule has 0 nitrogen and oxygen atoms in total. The van der Waals surface area contributed by atoms with E-state index in [1.807, 2.05) is 0 Å². The molecule has 0 saturated heterocycles. The van der Waals surface area contributed by atoms with Crippen LogP contribution in [0, 0.1) is 0 Å². The minimum absolute atomic E-state index is 0. The van der Waals surface area contributed by atoms with Gasteiger partial charge in [0.15, 0.2) is 0 Å². The molecule has 2 heteroatoms. The topological polar surface area (TPSA) is 0 Å². The molecule has 6 heavy (non-hydrogen) atoms. The molecule has 0 atom stereocenters. The van der Waals surface area contributed by atoms with Crippen LogP contribution in [0.3, 0.4) is 0 Å². The van der Waals surface area contributed by atoms with Gasteiger partial charge in [-0.15, -0.1) is 0 Å². The maximum Gasteiger partial charge on any atom is 0 e. The maximum atomic E-state index is 5.97. The van der Waals surface area contributed by atoms with E-state index in [2.05, 4.69) is 0 Å². The zero-order valence-electron chi connectivity index (χ0n) is 5.72. The van der Waals surface area contributed by atoms with Crippen LogP contribution in [0.2, 0.25) is 0 Å². The van der Waals surface area contributed by atoms with Crippen LogP contribution in [0.25, 0.3) is 0 Å². The van der Waals surface area contributed by atoms with E-state index in [9.17, 15) is 0 Å². The van der Waals surface area contributed by atoms with Gasteiger partial charge in [-0.3, -0.25) is 0 Å². The Hall–Kier alpha value is 1.17. The molecule has 0 amide bonds. The summed E-state index contributed by atoms with van der Waals surface area (Å²) in [6.07, 6.45) is 6.00. The minimum Gasteiger partial charge on any atom is 0 e. The van der Waals surface area contributed by atoms with Gasteiger partial charge in [-0.25, -0.2) is 0 Å². The van der Waals surface area contributed by atoms with Crippen molar-refractivity contribution in [3.63, 3.8) is 0 Å². The van der Waals surface area contributed by atoms with Crippen LogP contribution in [0.1, 0.15) is 25.7 Å². The van der Waals surface area contributed by atoms with E-state index in [1.165, 1.54) is 25.7 Å². The molecule has 0 unspecified atom stereocenters. The first-order valence-corrected chi connectivity index (χ1v) is 2.00. The second kappa shape index (κ2) is 6.17. The predicted molar refractivity (Wildman–Crippen MR) is 21.3 cm³/mol. The predicted octanol–water partition coefficient (Wildman–Crippen LogP) is 1.02. The van der Waals surface area contributed by atoms with Gasteiger partial charge in [0, 0.05) is 18.6 Å². The standard InChI is InChI=1S/C4H8.2V.2H/c1-2-4-3-1;;;;/h1-4H2;;;;/i;;;1+2;1+1. The van der Waals surface area contributed by atoms with Crippen LogP contribution >= 0.6 is 0 Å². The van der Waals surface area contributed by atoms with Crippen molar-refractivity contribution in [2.24, 2.45) is 0 Å². The number of rotatable bonds is 0. The Bertz CT molecular complexity index is 27.2. The van der Waals surface area contributed by atoms with Gasteiger partial charge in [0.25, 0.3) is 0 Å². The van der Waals surface area contributed by atoms with E-state index >= 15 is 0 Å². The molecule has 1 aliphatic rings. The van der Waals surface area contributed by atoms with Crippen LogP contribution in [0.5, 0.6) is 0 Å². The molecule has 0 bridgehead atoms. The summed E-state index contributed by atoms with van der Waals surface area (Å²) in [6, 6.07) is 0. The fourth-order valence-electron chi connectivity index (χ4n) is 0.250. The van der Waals surface area contributed by atoms with Gasteiger partial charge in [-0.1, -0.05) is 25.7 Å². The minimum atomic E-state index is -0.812. The SMILES string of the molecule is C1CCC1.[2H][V][3H].[V]. The zero-order valence-corrected chi connectivity index (χ0v) is 6.52. The van der Waals surface area contributed by atoms with Crippen molar-refractivity contribution in [2.45, 2.75) is 25.7 Å². The molecular formula is C4H10V2. The largest absolute Gasteiger partial charge is 0 e. The van der Waals surface area contributed by atoms with E-state index in [4.69, 9.17) is 1.76 Å². The van der Waals surface area contributed by atoms with Gasteiger partial charge in [0.1, 0.15) is 0 Å². The van der Waals surface area contributed by atoms with Crippen molar-refractivity contribution >= 4 is 0 Å². The summed E-state index contributed by atoms with van der Waals surface area (Å²) in [7, 11) is 0. The van der Waals surface area contributed by atoms with Crippen molar-refractivity contribution < 1.29 is 36.8 Å². The maximum absolute atomic E-state index is 5.97.